The van der Waals surface area contributed by atoms with Crippen LogP contribution in [0, 0.1) is 5.82 Å². The van der Waals surface area contributed by atoms with Crippen molar-refractivity contribution in [2.75, 3.05) is 10.7 Å². The number of nitrogen functional groups attached to an aromatic ring is 1. The highest BCUT2D eigenvalue weighted by molar-refractivity contribution is 6.31. The number of hydrazone groups is 1. The Morgan fingerprint density at radius 2 is 1.82 bits per heavy atom. The van der Waals surface area contributed by atoms with Crippen LogP contribution >= 0.6 is 11.6 Å². The molecule has 0 amide bonds. The predicted octanol–water partition coefficient (Wildman–Crippen LogP) is 4.70. The molecule has 2 N–H and O–H groups in total. The van der Waals surface area contributed by atoms with Crippen LogP contribution in [0.1, 0.15) is 26.3 Å². The maximum atomic E-state index is 13.1. The molecule has 0 atom stereocenters. The van der Waals surface area contributed by atoms with E-state index in [4.69, 9.17) is 17.3 Å². The number of rotatable bonds is 4. The molecule has 22 heavy (non-hydrogen) atoms. The van der Waals surface area contributed by atoms with Crippen molar-refractivity contribution in [3.05, 3.63) is 58.9 Å². The number of nitrogens with zero attached hydrogens (tertiary/aromatic N) is 2. The predicted molar refractivity (Wildman–Crippen MR) is 92.1 cm³/mol. The van der Waals surface area contributed by atoms with Crippen molar-refractivity contribution in [3.8, 4) is 0 Å². The summed E-state index contributed by atoms with van der Waals surface area (Å²) in [6.07, 6.45) is 0. The highest BCUT2D eigenvalue weighted by Gasteiger charge is 2.12. The molecular weight excluding hydrogens is 301 g/mol. The maximum absolute atomic E-state index is 13.1. The molecule has 0 aromatic heterocycles. The lowest BCUT2D eigenvalue weighted by Crippen LogP contribution is -2.26. The highest BCUT2D eigenvalue weighted by atomic mass is 35.5. The normalized spacial score (nSPS) is 11.8. The van der Waals surface area contributed by atoms with Crippen LogP contribution in [-0.4, -0.2) is 11.8 Å². The van der Waals surface area contributed by atoms with Gasteiger partial charge in [-0.15, -0.1) is 0 Å². The van der Waals surface area contributed by atoms with Crippen molar-refractivity contribution < 1.29 is 4.39 Å². The fraction of sp³-hybridized carbons (Fsp3) is 0.235. The first kappa shape index (κ1) is 16.3. The summed E-state index contributed by atoms with van der Waals surface area (Å²) in [5.74, 6) is -0.271. The van der Waals surface area contributed by atoms with Crippen molar-refractivity contribution in [2.45, 2.75) is 26.8 Å². The van der Waals surface area contributed by atoms with E-state index >= 15 is 0 Å². The Labute approximate surface area is 135 Å². The molecule has 0 saturated carbocycles. The zero-order valence-electron chi connectivity index (χ0n) is 12.8. The SMILES string of the molecule is C/C(=N\N(c1ccc(F)cc1)C(C)C)c1cc(Cl)ccc1N. The third-order valence-electron chi connectivity index (χ3n) is 3.24. The average Bonchev–Trinajstić information content (AvgIpc) is 2.48. The smallest absolute Gasteiger partial charge is 0.123 e. The lowest BCUT2D eigenvalue weighted by atomic mass is 10.1. The lowest BCUT2D eigenvalue weighted by Gasteiger charge is -2.24. The van der Waals surface area contributed by atoms with Crippen molar-refractivity contribution in [1.29, 1.82) is 0 Å². The summed E-state index contributed by atoms with van der Waals surface area (Å²) in [6, 6.07) is 11.6. The summed E-state index contributed by atoms with van der Waals surface area (Å²) in [5.41, 5.74) is 8.97. The molecule has 0 spiro atoms. The van der Waals surface area contributed by atoms with Gasteiger partial charge >= 0.3 is 0 Å². The van der Waals surface area contributed by atoms with E-state index < -0.39 is 0 Å². The average molecular weight is 320 g/mol. The van der Waals surface area contributed by atoms with E-state index in [1.54, 1.807) is 30.3 Å². The maximum Gasteiger partial charge on any atom is 0.123 e. The zero-order chi connectivity index (χ0) is 16.3. The quantitative estimate of drug-likeness (QED) is 0.504. The largest absolute Gasteiger partial charge is 0.398 e. The second-order valence-corrected chi connectivity index (χ2v) is 5.77. The van der Waals surface area contributed by atoms with Crippen LogP contribution in [0.4, 0.5) is 15.8 Å². The van der Waals surface area contributed by atoms with Crippen molar-refractivity contribution in [2.24, 2.45) is 5.10 Å². The van der Waals surface area contributed by atoms with Crippen LogP contribution in [0.25, 0.3) is 0 Å². The van der Waals surface area contributed by atoms with Gasteiger partial charge in [0.1, 0.15) is 5.82 Å². The summed E-state index contributed by atoms with van der Waals surface area (Å²) in [5, 5.41) is 7.07. The van der Waals surface area contributed by atoms with Crippen LogP contribution in [0.2, 0.25) is 5.02 Å². The van der Waals surface area contributed by atoms with Crippen LogP contribution in [-0.2, 0) is 0 Å². The van der Waals surface area contributed by atoms with Crippen molar-refractivity contribution in [3.63, 3.8) is 0 Å². The van der Waals surface area contributed by atoms with E-state index in [1.165, 1.54) is 12.1 Å². The van der Waals surface area contributed by atoms with Gasteiger partial charge in [-0.1, -0.05) is 11.6 Å². The fourth-order valence-electron chi connectivity index (χ4n) is 2.12. The van der Waals surface area contributed by atoms with Crippen LogP contribution in [0.3, 0.4) is 0 Å². The van der Waals surface area contributed by atoms with E-state index in [2.05, 4.69) is 5.10 Å². The summed E-state index contributed by atoms with van der Waals surface area (Å²) < 4.78 is 13.1. The number of nitrogens with two attached hydrogens (primary N) is 1. The lowest BCUT2D eigenvalue weighted by molar-refractivity contribution is 0.626. The van der Waals surface area contributed by atoms with Gasteiger partial charge in [-0.05, 0) is 63.2 Å². The van der Waals surface area contributed by atoms with Crippen LogP contribution in [0.5, 0.6) is 0 Å². The molecule has 0 aliphatic carbocycles. The molecule has 0 aliphatic heterocycles. The Kier molecular flexibility index (Phi) is 5.03. The van der Waals surface area contributed by atoms with Crippen molar-refractivity contribution >= 4 is 28.7 Å². The molecule has 3 nitrogen and oxygen atoms in total. The second kappa shape index (κ2) is 6.79. The van der Waals surface area contributed by atoms with E-state index in [0.717, 1.165) is 17.0 Å². The topological polar surface area (TPSA) is 41.6 Å². The molecule has 0 aliphatic rings. The number of hydrogen-bond donors (Lipinski definition) is 1. The minimum atomic E-state index is -0.271. The minimum Gasteiger partial charge on any atom is -0.398 e. The van der Waals surface area contributed by atoms with Gasteiger partial charge < -0.3 is 5.73 Å². The van der Waals surface area contributed by atoms with Gasteiger partial charge in [0.2, 0.25) is 0 Å². The Balaban J connectivity index is 2.41. The van der Waals surface area contributed by atoms with Crippen LogP contribution in [0.15, 0.2) is 47.6 Å². The number of hydrogen-bond acceptors (Lipinski definition) is 3. The molecular formula is C17H19ClFN3. The molecule has 0 radical (unpaired) electrons. The molecule has 0 unspecified atom stereocenters. The van der Waals surface area contributed by atoms with Gasteiger partial charge in [0.15, 0.2) is 0 Å². The third kappa shape index (κ3) is 3.77. The van der Waals surface area contributed by atoms with E-state index in [1.807, 2.05) is 25.8 Å². The first-order valence-electron chi connectivity index (χ1n) is 7.04. The van der Waals surface area contributed by atoms with Crippen molar-refractivity contribution in [1.82, 2.24) is 0 Å². The molecule has 2 aromatic rings. The van der Waals surface area contributed by atoms with E-state index in [0.29, 0.717) is 10.7 Å². The molecule has 116 valence electrons. The summed E-state index contributed by atoms with van der Waals surface area (Å²) in [6.45, 7) is 5.91. The fourth-order valence-corrected chi connectivity index (χ4v) is 2.29. The van der Waals surface area contributed by atoms with Crippen LogP contribution < -0.4 is 10.7 Å². The van der Waals surface area contributed by atoms with Gasteiger partial charge in [-0.2, -0.15) is 5.10 Å². The molecule has 2 rings (SSSR count). The Hall–Kier alpha value is -2.07. The summed E-state index contributed by atoms with van der Waals surface area (Å²) >= 11 is 6.03. The minimum absolute atomic E-state index is 0.112. The van der Waals surface area contributed by atoms with Gasteiger partial charge in [0, 0.05) is 22.3 Å². The summed E-state index contributed by atoms with van der Waals surface area (Å²) in [4.78, 5) is 0. The molecule has 0 fully saturated rings. The zero-order valence-corrected chi connectivity index (χ0v) is 13.6. The first-order valence-corrected chi connectivity index (χ1v) is 7.41. The summed E-state index contributed by atoms with van der Waals surface area (Å²) in [7, 11) is 0. The Morgan fingerprint density at radius 1 is 1.18 bits per heavy atom. The molecule has 2 aromatic carbocycles. The number of halogens is 2. The first-order chi connectivity index (χ1) is 10.4. The molecule has 0 saturated heterocycles. The van der Waals surface area contributed by atoms with E-state index in [9.17, 15) is 4.39 Å². The Morgan fingerprint density at radius 3 is 2.41 bits per heavy atom. The van der Waals surface area contributed by atoms with Gasteiger partial charge in [0.05, 0.1) is 11.4 Å². The number of anilines is 2. The van der Waals surface area contributed by atoms with Gasteiger partial charge in [0.25, 0.3) is 0 Å². The highest BCUT2D eigenvalue weighted by Crippen LogP contribution is 2.22. The molecule has 0 heterocycles. The van der Waals surface area contributed by atoms with Gasteiger partial charge in [-0.3, -0.25) is 5.01 Å². The Bertz CT molecular complexity index is 681. The second-order valence-electron chi connectivity index (χ2n) is 5.33. The van der Waals surface area contributed by atoms with E-state index in [-0.39, 0.29) is 11.9 Å². The van der Waals surface area contributed by atoms with Gasteiger partial charge in [-0.25, -0.2) is 4.39 Å². The third-order valence-corrected chi connectivity index (χ3v) is 3.48. The monoisotopic (exact) mass is 319 g/mol. The number of benzene rings is 2. The molecule has 0 bridgehead atoms. The molecule has 5 heteroatoms. The standard InChI is InChI=1S/C17H19ClFN3/c1-11(2)22(15-7-5-14(19)6-8-15)21-12(3)16-10-13(18)4-9-17(16)20/h4-11H,20H2,1-3H3/b21-12+.